The van der Waals surface area contributed by atoms with Crippen molar-refractivity contribution in [3.05, 3.63) is 211 Å². The lowest BCUT2D eigenvalue weighted by Gasteiger charge is -2.10. The Hall–Kier alpha value is -8.22. The van der Waals surface area contributed by atoms with E-state index >= 15 is 0 Å². The van der Waals surface area contributed by atoms with Crippen LogP contribution < -0.4 is 18.3 Å². The van der Waals surface area contributed by atoms with Gasteiger partial charge in [0.2, 0.25) is 17.1 Å². The number of nitrogens with zero attached hydrogens (tertiary/aromatic N) is 6. The molecule has 10 aromatic rings. The molecule has 0 fully saturated rings. The Morgan fingerprint density at radius 3 is 1.28 bits per heavy atom. The average molecular weight is 899 g/mol. The van der Waals surface area contributed by atoms with Crippen molar-refractivity contribution in [3.8, 4) is 33.6 Å². The molecule has 6 aromatic carbocycles. The van der Waals surface area contributed by atoms with Crippen molar-refractivity contribution in [2.24, 2.45) is 38.2 Å². The number of aryl methyl sites for hydroxylation is 4. The van der Waals surface area contributed by atoms with E-state index in [1.54, 1.807) is 0 Å². The second kappa shape index (κ2) is 18.8. The van der Waals surface area contributed by atoms with Crippen LogP contribution in [0.1, 0.15) is 55.6 Å². The Balaban J connectivity index is 0.802. The van der Waals surface area contributed by atoms with Crippen molar-refractivity contribution in [1.29, 1.82) is 0 Å². The van der Waals surface area contributed by atoms with Crippen LogP contribution in [0.4, 0.5) is 11.4 Å². The molecule has 0 aliphatic heterocycles. The highest BCUT2D eigenvalue weighted by Gasteiger charge is 2.27. The first kappa shape index (κ1) is 44.6. The summed E-state index contributed by atoms with van der Waals surface area (Å²) in [6.45, 7) is 10.9. The number of pyridine rings is 4. The molecule has 0 radical (unpaired) electrons. The monoisotopic (exact) mass is 898 g/mol. The number of allylic oxidation sites excluding steroid dienone is 3. The van der Waals surface area contributed by atoms with Gasteiger partial charge in [-0.1, -0.05) is 81.1 Å². The SMILES string of the molecule is C=C(/C=C\C)c1ccc2ccc3ccc(-c4ccc(C=Nc5ccc(-c6ccc(N=Cc7ccc(-c8ccc9ccc%10ccc(C(C)CC)[n+](C)c%10c9[n+]8C)cc7)cc6)cc5)cc4)[n+](C)c3c2[n+]1C. The molecule has 6 nitrogen and oxygen atoms in total. The van der Waals surface area contributed by atoms with Gasteiger partial charge >= 0.3 is 0 Å². The zero-order valence-electron chi connectivity index (χ0n) is 40.7. The first-order valence-corrected chi connectivity index (χ1v) is 23.9. The second-order valence-corrected chi connectivity index (χ2v) is 18.2. The van der Waals surface area contributed by atoms with Gasteiger partial charge in [-0.2, -0.15) is 18.3 Å². The summed E-state index contributed by atoms with van der Waals surface area (Å²) in [7, 11) is 8.68. The summed E-state index contributed by atoms with van der Waals surface area (Å²) in [6, 6.07) is 60.8. The van der Waals surface area contributed by atoms with E-state index < -0.39 is 0 Å². The highest BCUT2D eigenvalue weighted by molar-refractivity contribution is 6.01. The van der Waals surface area contributed by atoms with Crippen molar-refractivity contribution in [3.63, 3.8) is 0 Å². The van der Waals surface area contributed by atoms with Crippen molar-refractivity contribution < 1.29 is 18.3 Å². The van der Waals surface area contributed by atoms with Crippen LogP contribution in [0.3, 0.4) is 0 Å². The lowest BCUT2D eigenvalue weighted by molar-refractivity contribution is -0.665. The summed E-state index contributed by atoms with van der Waals surface area (Å²) in [5.41, 5.74) is 19.1. The fraction of sp³-hybridized carbons (Fsp3) is 0.143. The van der Waals surface area contributed by atoms with Crippen LogP contribution in [0.15, 0.2) is 199 Å². The van der Waals surface area contributed by atoms with Gasteiger partial charge in [0.25, 0.3) is 22.1 Å². The van der Waals surface area contributed by atoms with Gasteiger partial charge in [0.1, 0.15) is 28.2 Å². The second-order valence-electron chi connectivity index (χ2n) is 18.2. The Morgan fingerprint density at radius 1 is 0.464 bits per heavy atom. The van der Waals surface area contributed by atoms with Crippen LogP contribution >= 0.6 is 0 Å². The standard InChI is InChI=1S/C63H58N6/c1-9-11-43(4)57-37-29-51-21-23-53-31-39-59(69(8)63(53)61(51)67(57)6)49-18-14-45(15-19-49)41-65-55-34-26-47(27-35-55)46-24-32-54(33-25-46)64-40-44-12-16-48(17-13-44)58-38-30-52-22-20-50-28-36-56(42(3)10-2)66(5)60(50)62(52)68(58)7/h9,11-42H,4,10H2,1-3,5-8H3/q+4/b11-9-. The lowest BCUT2D eigenvalue weighted by Crippen LogP contribution is -2.40. The van der Waals surface area contributed by atoms with E-state index in [1.807, 2.05) is 25.4 Å². The Bertz CT molecular complexity index is 3690. The van der Waals surface area contributed by atoms with Gasteiger partial charge in [-0.05, 0) is 133 Å². The maximum atomic E-state index is 4.82. The molecule has 0 aliphatic carbocycles. The molecule has 336 valence electrons. The van der Waals surface area contributed by atoms with Crippen LogP contribution in [0.25, 0.3) is 82.8 Å². The number of rotatable bonds is 11. The topological polar surface area (TPSA) is 40.2 Å². The van der Waals surface area contributed by atoms with Crippen LogP contribution in [-0.2, 0) is 28.2 Å². The third-order valence-corrected chi connectivity index (χ3v) is 14.0. The highest BCUT2D eigenvalue weighted by atomic mass is 15.0. The fourth-order valence-corrected chi connectivity index (χ4v) is 9.94. The molecule has 0 saturated carbocycles. The Morgan fingerprint density at radius 2 is 0.841 bits per heavy atom. The van der Waals surface area contributed by atoms with Gasteiger partial charge in [-0.3, -0.25) is 9.98 Å². The number of hydrogen-bond donors (Lipinski definition) is 0. The zero-order chi connectivity index (χ0) is 47.8. The molecule has 0 N–H and O–H groups in total. The summed E-state index contributed by atoms with van der Waals surface area (Å²) in [5, 5.41) is 4.87. The number of aromatic nitrogens is 4. The van der Waals surface area contributed by atoms with Crippen molar-refractivity contribution in [1.82, 2.24) is 0 Å². The van der Waals surface area contributed by atoms with Crippen LogP contribution in [0, 0.1) is 0 Å². The van der Waals surface area contributed by atoms with Crippen molar-refractivity contribution >= 4 is 73.0 Å². The van der Waals surface area contributed by atoms with E-state index in [4.69, 9.17) is 9.98 Å². The first-order valence-electron chi connectivity index (χ1n) is 23.9. The van der Waals surface area contributed by atoms with E-state index in [1.165, 1.54) is 60.6 Å². The smallest absolute Gasteiger partial charge is 0.256 e. The molecule has 69 heavy (non-hydrogen) atoms. The molecule has 0 spiro atoms. The molecule has 0 saturated heterocycles. The predicted octanol–water partition coefficient (Wildman–Crippen LogP) is 13.2. The Labute approximate surface area is 405 Å². The molecule has 0 aliphatic rings. The number of fused-ring (bicyclic) bond motifs is 6. The minimum Gasteiger partial charge on any atom is -0.256 e. The Kier molecular flexibility index (Phi) is 12.2. The quantitative estimate of drug-likeness (QED) is 0.0537. The summed E-state index contributed by atoms with van der Waals surface area (Å²) in [5.74, 6) is 0.487. The summed E-state index contributed by atoms with van der Waals surface area (Å²) < 4.78 is 9.31. The normalized spacial score (nSPS) is 12.4. The van der Waals surface area contributed by atoms with Gasteiger partial charge in [0.05, 0.1) is 32.9 Å². The molecule has 1 unspecified atom stereocenters. The van der Waals surface area contributed by atoms with Crippen LogP contribution in [0.2, 0.25) is 0 Å². The molecule has 0 amide bonds. The van der Waals surface area contributed by atoms with E-state index in [0.717, 1.165) is 62.6 Å². The molecule has 4 heterocycles. The van der Waals surface area contributed by atoms with Gasteiger partial charge in [0, 0.05) is 59.3 Å². The number of aliphatic imine (C=N–C) groups is 2. The highest BCUT2D eigenvalue weighted by Crippen LogP contribution is 2.29. The molecule has 6 heteroatoms. The van der Waals surface area contributed by atoms with Crippen LogP contribution in [0.5, 0.6) is 0 Å². The first-order chi connectivity index (χ1) is 33.6. The summed E-state index contributed by atoms with van der Waals surface area (Å²) in [6.07, 6.45) is 9.07. The maximum Gasteiger partial charge on any atom is 0.285 e. The van der Waals surface area contributed by atoms with Crippen molar-refractivity contribution in [2.45, 2.75) is 33.1 Å². The third-order valence-electron chi connectivity index (χ3n) is 14.0. The third kappa shape index (κ3) is 8.55. The maximum absolute atomic E-state index is 4.82. The molecule has 10 rings (SSSR count). The van der Waals surface area contributed by atoms with Gasteiger partial charge in [-0.25, -0.2) is 0 Å². The zero-order valence-corrected chi connectivity index (χ0v) is 40.7. The van der Waals surface area contributed by atoms with E-state index in [0.29, 0.717) is 5.92 Å². The van der Waals surface area contributed by atoms with Crippen LogP contribution in [-0.4, -0.2) is 12.4 Å². The number of benzene rings is 6. The minimum atomic E-state index is 0.487. The van der Waals surface area contributed by atoms with Gasteiger partial charge in [0.15, 0.2) is 5.69 Å². The van der Waals surface area contributed by atoms with Gasteiger partial charge in [-0.15, -0.1) is 0 Å². The van der Waals surface area contributed by atoms with Crippen molar-refractivity contribution in [2.75, 3.05) is 0 Å². The molecular weight excluding hydrogens is 841 g/mol. The largest absolute Gasteiger partial charge is 0.285 e. The van der Waals surface area contributed by atoms with Gasteiger partial charge < -0.3 is 0 Å². The predicted molar refractivity (Wildman–Crippen MR) is 287 cm³/mol. The van der Waals surface area contributed by atoms with E-state index in [9.17, 15) is 0 Å². The minimum absolute atomic E-state index is 0.487. The van der Waals surface area contributed by atoms with E-state index in [2.05, 4.69) is 243 Å². The molecule has 4 aromatic heterocycles. The summed E-state index contributed by atoms with van der Waals surface area (Å²) >= 11 is 0. The average Bonchev–Trinajstić information content (AvgIpc) is 3.38. The summed E-state index contributed by atoms with van der Waals surface area (Å²) in [4.78, 5) is 9.64. The number of hydrogen-bond acceptors (Lipinski definition) is 2. The fourth-order valence-electron chi connectivity index (χ4n) is 9.94. The molecular formula is C63H58N6+4. The van der Waals surface area contributed by atoms with E-state index in [-0.39, 0.29) is 0 Å². The molecule has 1 atom stereocenters. The molecule has 0 bridgehead atoms. The lowest BCUT2D eigenvalue weighted by atomic mass is 10.0.